The second-order valence-electron chi connectivity index (χ2n) is 5.51. The van der Waals surface area contributed by atoms with Crippen molar-refractivity contribution in [3.8, 4) is 23.8 Å². The van der Waals surface area contributed by atoms with Gasteiger partial charge >= 0.3 is 0 Å². The van der Waals surface area contributed by atoms with Gasteiger partial charge in [0.05, 0.1) is 12.8 Å². The van der Waals surface area contributed by atoms with Gasteiger partial charge in [-0.1, -0.05) is 27.9 Å². The largest absolute Gasteiger partial charge is 0.493 e. The number of carbonyl (C=O) groups excluding carboxylic acids is 1. The number of hydrogen-bond donors (Lipinski definition) is 1. The van der Waals surface area contributed by atoms with Gasteiger partial charge in [0.2, 0.25) is 0 Å². The first kappa shape index (κ1) is 19.0. The first-order valence-corrected chi connectivity index (χ1v) is 9.10. The highest BCUT2D eigenvalue weighted by Crippen LogP contribution is 2.30. The molecule has 0 atom stereocenters. The predicted molar refractivity (Wildman–Crippen MR) is 113 cm³/mol. The van der Waals surface area contributed by atoms with Crippen LogP contribution in [0.1, 0.15) is 5.56 Å². The topological polar surface area (TPSA) is 50.8 Å². The number of carbonyl (C=O) groups is 1. The van der Waals surface area contributed by atoms with Crippen LogP contribution in [0.25, 0.3) is 6.08 Å². The highest BCUT2D eigenvalue weighted by molar-refractivity contribution is 9.10. The average molecular weight is 443 g/mol. The molecular weight excluding hydrogens is 428 g/mol. The zero-order valence-corrected chi connectivity index (χ0v) is 16.8. The molecule has 1 saturated heterocycles. The van der Waals surface area contributed by atoms with Gasteiger partial charge < -0.3 is 14.8 Å². The lowest BCUT2D eigenvalue weighted by Crippen LogP contribution is -2.30. The summed E-state index contributed by atoms with van der Waals surface area (Å²) in [6.45, 7) is 0.146. The molecule has 1 amide bonds. The van der Waals surface area contributed by atoms with Crippen molar-refractivity contribution in [3.05, 3.63) is 58.2 Å². The molecule has 0 saturated carbocycles. The van der Waals surface area contributed by atoms with Gasteiger partial charge in [0, 0.05) is 4.47 Å². The number of anilines is 1. The number of ether oxygens (including phenoxy) is 2. The number of halogens is 1. The van der Waals surface area contributed by atoms with Gasteiger partial charge in [-0.05, 0) is 60.3 Å². The number of rotatable bonds is 5. The summed E-state index contributed by atoms with van der Waals surface area (Å²) in [5.41, 5.74) is 1.83. The standard InChI is InChI=1S/C20H15BrN2O3S/c1-3-10-26-17-9-4-13(12-18(17)25-2)11-16-19(24)23(20(27)22-16)15-7-5-14(21)6-8-15/h1,4-9,11-12H,10H2,2H3,(H,22,27)/b16-11-. The van der Waals surface area contributed by atoms with E-state index in [2.05, 4.69) is 27.2 Å². The molecule has 0 radical (unpaired) electrons. The number of benzene rings is 2. The molecule has 0 aromatic heterocycles. The van der Waals surface area contributed by atoms with Crippen molar-refractivity contribution in [3.63, 3.8) is 0 Å². The molecule has 1 aliphatic heterocycles. The Labute approximate surface area is 171 Å². The van der Waals surface area contributed by atoms with E-state index in [-0.39, 0.29) is 12.5 Å². The van der Waals surface area contributed by atoms with E-state index in [9.17, 15) is 4.79 Å². The highest BCUT2D eigenvalue weighted by Gasteiger charge is 2.31. The lowest BCUT2D eigenvalue weighted by Gasteiger charge is -2.13. The molecule has 136 valence electrons. The molecule has 7 heteroatoms. The summed E-state index contributed by atoms with van der Waals surface area (Å²) in [7, 11) is 1.54. The van der Waals surface area contributed by atoms with Crippen LogP contribution >= 0.6 is 28.1 Å². The second-order valence-corrected chi connectivity index (χ2v) is 6.81. The Bertz CT molecular complexity index is 964. The van der Waals surface area contributed by atoms with Gasteiger partial charge in [0.1, 0.15) is 12.3 Å². The zero-order chi connectivity index (χ0) is 19.4. The fraction of sp³-hybridized carbons (Fsp3) is 0.100. The summed E-state index contributed by atoms with van der Waals surface area (Å²) >= 11 is 8.70. The van der Waals surface area contributed by atoms with E-state index < -0.39 is 0 Å². The second kappa shape index (κ2) is 8.25. The number of nitrogens with zero attached hydrogens (tertiary/aromatic N) is 1. The molecule has 0 aliphatic carbocycles. The molecule has 2 aromatic carbocycles. The van der Waals surface area contributed by atoms with Gasteiger partial charge in [0.25, 0.3) is 5.91 Å². The maximum Gasteiger partial charge on any atom is 0.281 e. The van der Waals surface area contributed by atoms with Gasteiger partial charge in [-0.3, -0.25) is 9.69 Å². The third-order valence-electron chi connectivity index (χ3n) is 3.77. The third-order valence-corrected chi connectivity index (χ3v) is 4.59. The van der Waals surface area contributed by atoms with Crippen LogP contribution in [0, 0.1) is 12.3 Å². The number of methoxy groups -OCH3 is 1. The van der Waals surface area contributed by atoms with Crippen LogP contribution in [0.4, 0.5) is 5.69 Å². The fourth-order valence-corrected chi connectivity index (χ4v) is 3.10. The quantitative estimate of drug-likeness (QED) is 0.434. The first-order chi connectivity index (χ1) is 13.0. The van der Waals surface area contributed by atoms with Crippen molar-refractivity contribution < 1.29 is 14.3 Å². The molecule has 1 heterocycles. The van der Waals surface area contributed by atoms with Crippen LogP contribution in [0.5, 0.6) is 11.5 Å². The Balaban J connectivity index is 1.87. The minimum Gasteiger partial charge on any atom is -0.493 e. The van der Waals surface area contributed by atoms with E-state index in [1.165, 1.54) is 4.90 Å². The third kappa shape index (κ3) is 4.13. The molecule has 0 bridgehead atoms. The minimum atomic E-state index is -0.228. The Kier molecular flexibility index (Phi) is 5.79. The predicted octanol–water partition coefficient (Wildman–Crippen LogP) is 3.73. The number of thiocarbonyl (C=S) groups is 1. The van der Waals surface area contributed by atoms with Crippen molar-refractivity contribution >= 4 is 50.9 Å². The molecule has 1 N–H and O–H groups in total. The van der Waals surface area contributed by atoms with Gasteiger partial charge in [-0.2, -0.15) is 0 Å². The lowest BCUT2D eigenvalue weighted by atomic mass is 10.1. The van der Waals surface area contributed by atoms with E-state index in [0.29, 0.717) is 28.0 Å². The van der Waals surface area contributed by atoms with E-state index in [1.54, 1.807) is 25.3 Å². The monoisotopic (exact) mass is 442 g/mol. The molecule has 5 nitrogen and oxygen atoms in total. The van der Waals surface area contributed by atoms with Gasteiger partial charge in [0.15, 0.2) is 16.6 Å². The summed E-state index contributed by atoms with van der Waals surface area (Å²) in [4.78, 5) is 14.2. The minimum absolute atomic E-state index is 0.146. The molecule has 3 rings (SSSR count). The van der Waals surface area contributed by atoms with Crippen molar-refractivity contribution in [2.75, 3.05) is 18.6 Å². The van der Waals surface area contributed by atoms with Crippen LogP contribution in [0.15, 0.2) is 52.6 Å². The molecule has 0 spiro atoms. The Hall–Kier alpha value is -2.82. The van der Waals surface area contributed by atoms with Crippen LogP contribution in [-0.4, -0.2) is 24.7 Å². The van der Waals surface area contributed by atoms with E-state index >= 15 is 0 Å². The van der Waals surface area contributed by atoms with E-state index in [1.807, 2.05) is 30.3 Å². The molecule has 0 unspecified atom stereocenters. The van der Waals surface area contributed by atoms with Crippen molar-refractivity contribution in [1.82, 2.24) is 5.32 Å². The van der Waals surface area contributed by atoms with Crippen LogP contribution in [0.2, 0.25) is 0 Å². The summed E-state index contributed by atoms with van der Waals surface area (Å²) in [6, 6.07) is 12.7. The van der Waals surface area contributed by atoms with Crippen LogP contribution in [0.3, 0.4) is 0 Å². The van der Waals surface area contributed by atoms with Crippen molar-refractivity contribution in [2.24, 2.45) is 0 Å². The Morgan fingerprint density at radius 2 is 2.00 bits per heavy atom. The molecule has 27 heavy (non-hydrogen) atoms. The SMILES string of the molecule is C#CCOc1ccc(/C=C2\NC(=S)N(c3ccc(Br)cc3)C2=O)cc1OC. The first-order valence-electron chi connectivity index (χ1n) is 7.90. The molecule has 1 aliphatic rings. The number of nitrogens with one attached hydrogen (secondary N) is 1. The Morgan fingerprint density at radius 3 is 2.67 bits per heavy atom. The highest BCUT2D eigenvalue weighted by atomic mass is 79.9. The fourth-order valence-electron chi connectivity index (χ4n) is 2.54. The molecule has 2 aromatic rings. The number of hydrogen-bond acceptors (Lipinski definition) is 4. The maximum atomic E-state index is 12.8. The Morgan fingerprint density at radius 1 is 1.26 bits per heavy atom. The van der Waals surface area contributed by atoms with Crippen LogP contribution < -0.4 is 19.7 Å². The molecular formula is C20H15BrN2O3S. The van der Waals surface area contributed by atoms with Gasteiger partial charge in [-0.15, -0.1) is 6.42 Å². The summed E-state index contributed by atoms with van der Waals surface area (Å²) in [6.07, 6.45) is 6.92. The average Bonchev–Trinajstić information content (AvgIpc) is 2.94. The van der Waals surface area contributed by atoms with Crippen molar-refractivity contribution in [2.45, 2.75) is 0 Å². The van der Waals surface area contributed by atoms with Crippen molar-refractivity contribution in [1.29, 1.82) is 0 Å². The normalized spacial score (nSPS) is 14.9. The van der Waals surface area contributed by atoms with Crippen LogP contribution in [-0.2, 0) is 4.79 Å². The summed E-state index contributed by atoms with van der Waals surface area (Å²) < 4.78 is 11.7. The zero-order valence-electron chi connectivity index (χ0n) is 14.4. The number of terminal acetylenes is 1. The summed E-state index contributed by atoms with van der Waals surface area (Å²) in [5.74, 6) is 3.24. The number of amides is 1. The van der Waals surface area contributed by atoms with E-state index in [0.717, 1.165) is 10.0 Å². The lowest BCUT2D eigenvalue weighted by molar-refractivity contribution is -0.113. The summed E-state index contributed by atoms with van der Waals surface area (Å²) in [5, 5.41) is 3.29. The van der Waals surface area contributed by atoms with Gasteiger partial charge in [-0.25, -0.2) is 0 Å². The molecule has 1 fully saturated rings. The van der Waals surface area contributed by atoms with E-state index in [4.69, 9.17) is 28.1 Å². The maximum absolute atomic E-state index is 12.8. The smallest absolute Gasteiger partial charge is 0.281 e.